The molecule has 0 bridgehead atoms. The molecule has 0 heterocycles. The Morgan fingerprint density at radius 1 is 1.07 bits per heavy atom. The van der Waals surface area contributed by atoms with Gasteiger partial charge in [-0.05, 0) is 19.8 Å². The number of hydrogen-bond acceptors (Lipinski definition) is 1. The first-order chi connectivity index (χ1) is 6.63. The summed E-state index contributed by atoms with van der Waals surface area (Å²) in [6, 6.07) is 0. The molecule has 0 rings (SSSR count). The summed E-state index contributed by atoms with van der Waals surface area (Å²) < 4.78 is 0. The number of alkyl halides is 1. The highest BCUT2D eigenvalue weighted by Gasteiger charge is 1.96. The lowest BCUT2D eigenvalue weighted by atomic mass is 10.1. The van der Waals surface area contributed by atoms with E-state index in [1.807, 2.05) is 0 Å². The molecule has 0 aliphatic rings. The van der Waals surface area contributed by atoms with Crippen LogP contribution in [0.1, 0.15) is 65.2 Å². The number of hydrogen-bond donors (Lipinski definition) is 0. The van der Waals surface area contributed by atoms with Crippen LogP contribution in [0.2, 0.25) is 0 Å². The Hall–Kier alpha value is 0.150. The first-order valence-electron chi connectivity index (χ1n) is 5.76. The molecule has 0 radical (unpaired) electrons. The molecule has 0 amide bonds. The normalized spacial score (nSPS) is 12.8. The predicted molar refractivity (Wildman–Crippen MR) is 66.0 cm³/mol. The van der Waals surface area contributed by atoms with E-state index in [0.29, 0.717) is 10.6 Å². The van der Waals surface area contributed by atoms with E-state index in [-0.39, 0.29) is 0 Å². The number of unbranched alkanes of at least 4 members (excludes halogenated alkanes) is 5. The number of Topliss-reactive ketones (excluding diaryl/α,β-unsaturated/α-hetero) is 1. The van der Waals surface area contributed by atoms with Crippen LogP contribution in [-0.2, 0) is 4.79 Å². The van der Waals surface area contributed by atoms with Crippen molar-refractivity contribution in [2.45, 2.75) is 70.0 Å². The van der Waals surface area contributed by atoms with Gasteiger partial charge < -0.3 is 4.79 Å². The maximum absolute atomic E-state index is 10.6. The minimum atomic E-state index is 0.332. The molecule has 0 saturated carbocycles. The van der Waals surface area contributed by atoms with Crippen molar-refractivity contribution in [1.29, 1.82) is 0 Å². The van der Waals surface area contributed by atoms with Crippen molar-refractivity contribution in [2.24, 2.45) is 0 Å². The van der Waals surface area contributed by atoms with Crippen LogP contribution >= 0.6 is 15.9 Å². The Morgan fingerprint density at radius 3 is 2.07 bits per heavy atom. The number of halogens is 1. The minimum Gasteiger partial charge on any atom is -0.300 e. The highest BCUT2D eigenvalue weighted by molar-refractivity contribution is 9.09. The Bertz CT molecular complexity index is 143. The second kappa shape index (κ2) is 9.70. The van der Waals surface area contributed by atoms with Gasteiger partial charge >= 0.3 is 0 Å². The maximum atomic E-state index is 10.6. The monoisotopic (exact) mass is 262 g/mol. The van der Waals surface area contributed by atoms with Crippen molar-refractivity contribution >= 4 is 21.7 Å². The summed E-state index contributed by atoms with van der Waals surface area (Å²) in [4.78, 5) is 11.3. The average Bonchev–Trinajstić information content (AvgIpc) is 2.08. The lowest BCUT2D eigenvalue weighted by Crippen LogP contribution is -1.91. The Kier molecular flexibility index (Phi) is 9.80. The number of ketones is 1. The summed E-state index contributed by atoms with van der Waals surface area (Å²) in [6.07, 6.45) is 9.68. The molecule has 0 aromatic heterocycles. The minimum absolute atomic E-state index is 0.332. The second-order valence-corrected chi connectivity index (χ2v) is 5.71. The second-order valence-electron chi connectivity index (χ2n) is 4.14. The first-order valence-corrected chi connectivity index (χ1v) is 6.68. The van der Waals surface area contributed by atoms with Gasteiger partial charge in [-0.15, -0.1) is 0 Å². The molecule has 1 nitrogen and oxygen atoms in total. The van der Waals surface area contributed by atoms with Gasteiger partial charge in [0.05, 0.1) is 0 Å². The SMILES string of the molecule is CC(=O)CCCCCCCCC(C)Br. The molecule has 0 aliphatic carbocycles. The van der Waals surface area contributed by atoms with E-state index in [4.69, 9.17) is 0 Å². The third kappa shape index (κ3) is 12.2. The smallest absolute Gasteiger partial charge is 0.129 e. The molecule has 0 aliphatic heterocycles. The fourth-order valence-electron chi connectivity index (χ4n) is 1.51. The van der Waals surface area contributed by atoms with E-state index in [9.17, 15) is 4.79 Å². The van der Waals surface area contributed by atoms with Crippen molar-refractivity contribution in [2.75, 3.05) is 0 Å². The molecular weight excluding hydrogens is 240 g/mol. The van der Waals surface area contributed by atoms with Gasteiger partial charge in [0.2, 0.25) is 0 Å². The van der Waals surface area contributed by atoms with Gasteiger partial charge in [-0.2, -0.15) is 0 Å². The van der Waals surface area contributed by atoms with Crippen LogP contribution < -0.4 is 0 Å². The first kappa shape index (κ1) is 14.2. The van der Waals surface area contributed by atoms with Gasteiger partial charge in [0.25, 0.3) is 0 Å². The highest BCUT2D eigenvalue weighted by Crippen LogP contribution is 2.12. The standard InChI is InChI=1S/C12H23BrO/c1-11(13)9-7-5-3-4-6-8-10-12(2)14/h11H,3-10H2,1-2H3. The van der Waals surface area contributed by atoms with Gasteiger partial charge in [0, 0.05) is 11.2 Å². The third-order valence-corrected chi connectivity index (χ3v) is 2.84. The summed E-state index contributed by atoms with van der Waals surface area (Å²) in [7, 11) is 0. The zero-order valence-corrected chi connectivity index (χ0v) is 11.1. The molecule has 0 fully saturated rings. The van der Waals surface area contributed by atoms with E-state index in [1.165, 1.54) is 38.5 Å². The Morgan fingerprint density at radius 2 is 1.57 bits per heavy atom. The van der Waals surface area contributed by atoms with Gasteiger partial charge in [0.15, 0.2) is 0 Å². The van der Waals surface area contributed by atoms with Crippen LogP contribution in [0.5, 0.6) is 0 Å². The summed E-state index contributed by atoms with van der Waals surface area (Å²) in [5.41, 5.74) is 0. The fraction of sp³-hybridized carbons (Fsp3) is 0.917. The third-order valence-electron chi connectivity index (χ3n) is 2.38. The van der Waals surface area contributed by atoms with Crippen molar-refractivity contribution in [1.82, 2.24) is 0 Å². The van der Waals surface area contributed by atoms with E-state index in [2.05, 4.69) is 22.9 Å². The van der Waals surface area contributed by atoms with Crippen molar-refractivity contribution in [3.63, 3.8) is 0 Å². The number of rotatable bonds is 9. The molecule has 1 atom stereocenters. The molecule has 0 spiro atoms. The zero-order valence-electron chi connectivity index (χ0n) is 9.52. The van der Waals surface area contributed by atoms with E-state index >= 15 is 0 Å². The predicted octanol–water partition coefficient (Wildman–Crippen LogP) is 4.48. The fourth-order valence-corrected chi connectivity index (χ4v) is 1.83. The van der Waals surface area contributed by atoms with Crippen molar-refractivity contribution < 1.29 is 4.79 Å². The van der Waals surface area contributed by atoms with Gasteiger partial charge in [-0.1, -0.05) is 55.0 Å². The molecule has 0 aromatic carbocycles. The van der Waals surface area contributed by atoms with Gasteiger partial charge in [0.1, 0.15) is 5.78 Å². The average molecular weight is 263 g/mol. The van der Waals surface area contributed by atoms with Crippen LogP contribution in [0.3, 0.4) is 0 Å². The number of carbonyl (C=O) groups is 1. The summed E-state index contributed by atoms with van der Waals surface area (Å²) in [5.74, 6) is 0.332. The lowest BCUT2D eigenvalue weighted by Gasteiger charge is -2.02. The molecule has 84 valence electrons. The Balaban J connectivity index is 2.96. The largest absolute Gasteiger partial charge is 0.300 e. The summed E-state index contributed by atoms with van der Waals surface area (Å²) in [6.45, 7) is 3.88. The van der Waals surface area contributed by atoms with E-state index in [1.54, 1.807) is 6.92 Å². The highest BCUT2D eigenvalue weighted by atomic mass is 79.9. The van der Waals surface area contributed by atoms with Crippen molar-refractivity contribution in [3.05, 3.63) is 0 Å². The zero-order chi connectivity index (χ0) is 10.8. The topological polar surface area (TPSA) is 17.1 Å². The molecule has 1 unspecified atom stereocenters. The lowest BCUT2D eigenvalue weighted by molar-refractivity contribution is -0.117. The van der Waals surface area contributed by atoms with Crippen LogP contribution in [-0.4, -0.2) is 10.6 Å². The van der Waals surface area contributed by atoms with E-state index in [0.717, 1.165) is 12.8 Å². The van der Waals surface area contributed by atoms with Crippen molar-refractivity contribution in [3.8, 4) is 0 Å². The maximum Gasteiger partial charge on any atom is 0.129 e. The van der Waals surface area contributed by atoms with Gasteiger partial charge in [-0.25, -0.2) is 0 Å². The van der Waals surface area contributed by atoms with Crippen LogP contribution in [0.4, 0.5) is 0 Å². The molecule has 0 saturated heterocycles. The van der Waals surface area contributed by atoms with Crippen LogP contribution in [0.15, 0.2) is 0 Å². The van der Waals surface area contributed by atoms with Crippen LogP contribution in [0.25, 0.3) is 0 Å². The molecular formula is C12H23BrO. The van der Waals surface area contributed by atoms with E-state index < -0.39 is 0 Å². The molecule has 0 N–H and O–H groups in total. The Labute approximate surface area is 96.8 Å². The number of carbonyl (C=O) groups excluding carboxylic acids is 1. The van der Waals surface area contributed by atoms with Gasteiger partial charge in [-0.3, -0.25) is 0 Å². The summed E-state index contributed by atoms with van der Waals surface area (Å²) in [5, 5.41) is 0. The summed E-state index contributed by atoms with van der Waals surface area (Å²) >= 11 is 3.55. The molecule has 2 heteroatoms. The molecule has 14 heavy (non-hydrogen) atoms. The van der Waals surface area contributed by atoms with Crippen LogP contribution in [0, 0.1) is 0 Å². The molecule has 0 aromatic rings. The quantitative estimate of drug-likeness (QED) is 0.443.